The summed E-state index contributed by atoms with van der Waals surface area (Å²) in [4.78, 5) is 18.5. The lowest BCUT2D eigenvalue weighted by molar-refractivity contribution is -0.121. The highest BCUT2D eigenvalue weighted by molar-refractivity contribution is 6.33. The van der Waals surface area contributed by atoms with E-state index >= 15 is 0 Å². The third-order valence-electron chi connectivity index (χ3n) is 4.61. The summed E-state index contributed by atoms with van der Waals surface area (Å²) in [5.41, 5.74) is 1.58. The molecule has 152 valence electrons. The Kier molecular flexibility index (Phi) is 7.01. The van der Waals surface area contributed by atoms with Gasteiger partial charge in [-0.25, -0.2) is 9.37 Å². The number of hydrogen-bond acceptors (Lipinski definition) is 4. The molecule has 1 atom stereocenters. The summed E-state index contributed by atoms with van der Waals surface area (Å²) in [5.74, 6) is 0.638. The molecule has 0 spiro atoms. The number of aromatic nitrogens is 1. The quantitative estimate of drug-likeness (QED) is 0.589. The SMILES string of the molecule is CN(C)C(CNC(=O)CCc1ncc(-c2ccccc2Cl)o1)c1cccc(F)c1. The van der Waals surface area contributed by atoms with Crippen molar-refractivity contribution in [3.05, 3.63) is 77.0 Å². The Morgan fingerprint density at radius 3 is 2.76 bits per heavy atom. The topological polar surface area (TPSA) is 58.4 Å². The maximum absolute atomic E-state index is 13.5. The molecule has 0 aliphatic heterocycles. The molecule has 3 rings (SSSR count). The van der Waals surface area contributed by atoms with Crippen LogP contribution in [0.4, 0.5) is 4.39 Å². The highest BCUT2D eigenvalue weighted by atomic mass is 35.5. The molecule has 1 N–H and O–H groups in total. The van der Waals surface area contributed by atoms with Crippen LogP contribution in [0.3, 0.4) is 0 Å². The van der Waals surface area contributed by atoms with Gasteiger partial charge in [0.25, 0.3) is 0 Å². The van der Waals surface area contributed by atoms with Crippen molar-refractivity contribution in [2.75, 3.05) is 20.6 Å². The predicted octanol–water partition coefficient (Wildman–Crippen LogP) is 4.49. The highest BCUT2D eigenvalue weighted by Crippen LogP contribution is 2.28. The lowest BCUT2D eigenvalue weighted by atomic mass is 10.1. The minimum atomic E-state index is -0.293. The minimum absolute atomic E-state index is 0.120. The van der Waals surface area contributed by atoms with Crippen LogP contribution in [-0.4, -0.2) is 36.4 Å². The molecule has 7 heteroatoms. The molecule has 1 amide bonds. The number of carbonyl (C=O) groups is 1. The molecular weight excluding hydrogens is 393 g/mol. The number of halogens is 2. The Balaban J connectivity index is 1.54. The zero-order chi connectivity index (χ0) is 20.8. The number of nitrogens with one attached hydrogen (secondary N) is 1. The molecule has 0 bridgehead atoms. The maximum Gasteiger partial charge on any atom is 0.220 e. The van der Waals surface area contributed by atoms with Crippen LogP contribution in [0.1, 0.15) is 23.9 Å². The molecule has 0 saturated heterocycles. The first-order valence-corrected chi connectivity index (χ1v) is 9.70. The third kappa shape index (κ3) is 5.65. The van der Waals surface area contributed by atoms with Crippen LogP contribution >= 0.6 is 11.6 Å². The van der Waals surface area contributed by atoms with Gasteiger partial charge in [0.2, 0.25) is 5.91 Å². The number of likely N-dealkylation sites (N-methyl/N-ethyl adjacent to an activating group) is 1. The molecule has 29 heavy (non-hydrogen) atoms. The van der Waals surface area contributed by atoms with Crippen molar-refractivity contribution in [1.82, 2.24) is 15.2 Å². The van der Waals surface area contributed by atoms with Crippen LogP contribution in [0.25, 0.3) is 11.3 Å². The van der Waals surface area contributed by atoms with E-state index in [1.54, 1.807) is 18.3 Å². The van der Waals surface area contributed by atoms with E-state index in [4.69, 9.17) is 16.0 Å². The number of hydrogen-bond donors (Lipinski definition) is 1. The van der Waals surface area contributed by atoms with Gasteiger partial charge in [-0.1, -0.05) is 35.9 Å². The van der Waals surface area contributed by atoms with Gasteiger partial charge in [-0.05, 0) is 43.9 Å². The molecule has 1 aromatic heterocycles. The Bertz CT molecular complexity index is 974. The van der Waals surface area contributed by atoms with E-state index in [0.717, 1.165) is 11.1 Å². The van der Waals surface area contributed by atoms with E-state index in [0.29, 0.717) is 29.6 Å². The first-order valence-electron chi connectivity index (χ1n) is 9.32. The maximum atomic E-state index is 13.5. The second-order valence-corrected chi connectivity index (χ2v) is 7.34. The first kappa shape index (κ1) is 21.0. The number of carbonyl (C=O) groups excluding carboxylic acids is 1. The van der Waals surface area contributed by atoms with Gasteiger partial charge in [0.15, 0.2) is 11.7 Å². The van der Waals surface area contributed by atoms with Gasteiger partial charge in [0.05, 0.1) is 17.3 Å². The second kappa shape index (κ2) is 9.67. The zero-order valence-corrected chi connectivity index (χ0v) is 17.1. The average molecular weight is 416 g/mol. The molecule has 1 heterocycles. The summed E-state index contributed by atoms with van der Waals surface area (Å²) < 4.78 is 19.2. The molecule has 0 aliphatic rings. The smallest absolute Gasteiger partial charge is 0.220 e. The van der Waals surface area contributed by atoms with Crippen molar-refractivity contribution in [2.45, 2.75) is 18.9 Å². The number of nitrogens with zero attached hydrogens (tertiary/aromatic N) is 2. The minimum Gasteiger partial charge on any atom is -0.441 e. The van der Waals surface area contributed by atoms with Crippen molar-refractivity contribution in [2.24, 2.45) is 0 Å². The highest BCUT2D eigenvalue weighted by Gasteiger charge is 2.16. The Hall–Kier alpha value is -2.70. The molecule has 0 fully saturated rings. The molecule has 0 aliphatic carbocycles. The zero-order valence-electron chi connectivity index (χ0n) is 16.4. The van der Waals surface area contributed by atoms with Crippen LogP contribution in [-0.2, 0) is 11.2 Å². The standard InChI is InChI=1S/C22H23ClFN3O2/c1-27(2)19(15-6-5-7-16(24)12-15)13-25-21(28)10-11-22-26-14-20(29-22)17-8-3-4-9-18(17)23/h3-9,12,14,19H,10-11,13H2,1-2H3,(H,25,28). The largest absolute Gasteiger partial charge is 0.441 e. The summed E-state index contributed by atoms with van der Waals surface area (Å²) in [6.07, 6.45) is 2.23. The van der Waals surface area contributed by atoms with E-state index in [1.807, 2.05) is 43.3 Å². The van der Waals surface area contributed by atoms with Gasteiger partial charge in [0.1, 0.15) is 5.82 Å². The van der Waals surface area contributed by atoms with E-state index < -0.39 is 0 Å². The summed E-state index contributed by atoms with van der Waals surface area (Å²) in [6.45, 7) is 0.381. The molecular formula is C22H23ClFN3O2. The van der Waals surface area contributed by atoms with Gasteiger partial charge >= 0.3 is 0 Å². The Labute approximate surface area is 174 Å². The van der Waals surface area contributed by atoms with Crippen molar-refractivity contribution in [3.63, 3.8) is 0 Å². The molecule has 1 unspecified atom stereocenters. The van der Waals surface area contributed by atoms with Gasteiger partial charge in [-0.2, -0.15) is 0 Å². The number of amides is 1. The Morgan fingerprint density at radius 1 is 1.24 bits per heavy atom. The second-order valence-electron chi connectivity index (χ2n) is 6.94. The van der Waals surface area contributed by atoms with E-state index in [2.05, 4.69) is 10.3 Å². The van der Waals surface area contributed by atoms with E-state index in [9.17, 15) is 9.18 Å². The lowest BCUT2D eigenvalue weighted by Crippen LogP contribution is -2.34. The van der Waals surface area contributed by atoms with Gasteiger partial charge in [-0.15, -0.1) is 0 Å². The number of aryl methyl sites for hydroxylation is 1. The van der Waals surface area contributed by atoms with E-state index in [-0.39, 0.29) is 24.2 Å². The average Bonchev–Trinajstić information content (AvgIpc) is 3.15. The van der Waals surface area contributed by atoms with Crippen molar-refractivity contribution in [3.8, 4) is 11.3 Å². The molecule has 2 aromatic carbocycles. The van der Waals surface area contributed by atoms with Crippen LogP contribution in [0, 0.1) is 5.82 Å². The molecule has 5 nitrogen and oxygen atoms in total. The lowest BCUT2D eigenvalue weighted by Gasteiger charge is -2.25. The summed E-state index contributed by atoms with van der Waals surface area (Å²) in [6, 6.07) is 13.6. The van der Waals surface area contributed by atoms with Gasteiger partial charge < -0.3 is 14.6 Å². The summed E-state index contributed by atoms with van der Waals surface area (Å²) in [7, 11) is 3.79. The predicted molar refractivity (Wildman–Crippen MR) is 111 cm³/mol. The number of benzene rings is 2. The van der Waals surface area contributed by atoms with Crippen molar-refractivity contribution in [1.29, 1.82) is 0 Å². The van der Waals surface area contributed by atoms with Crippen LogP contribution in [0.15, 0.2) is 59.1 Å². The van der Waals surface area contributed by atoms with Crippen LogP contribution in [0.5, 0.6) is 0 Å². The first-order chi connectivity index (χ1) is 13.9. The number of oxazole rings is 1. The number of rotatable bonds is 8. The van der Waals surface area contributed by atoms with Gasteiger partial charge in [-0.3, -0.25) is 4.79 Å². The summed E-state index contributed by atoms with van der Waals surface area (Å²) >= 11 is 6.17. The fourth-order valence-corrected chi connectivity index (χ4v) is 3.27. The fourth-order valence-electron chi connectivity index (χ4n) is 3.04. The monoisotopic (exact) mass is 415 g/mol. The third-order valence-corrected chi connectivity index (χ3v) is 4.94. The van der Waals surface area contributed by atoms with E-state index in [1.165, 1.54) is 12.1 Å². The van der Waals surface area contributed by atoms with Crippen LogP contribution < -0.4 is 5.32 Å². The summed E-state index contributed by atoms with van der Waals surface area (Å²) in [5, 5.41) is 3.49. The van der Waals surface area contributed by atoms with Crippen molar-refractivity contribution >= 4 is 17.5 Å². The van der Waals surface area contributed by atoms with Gasteiger partial charge in [0, 0.05) is 24.9 Å². The van der Waals surface area contributed by atoms with Crippen LogP contribution in [0.2, 0.25) is 5.02 Å². The molecule has 0 radical (unpaired) electrons. The normalized spacial score (nSPS) is 12.2. The Morgan fingerprint density at radius 2 is 2.03 bits per heavy atom. The fraction of sp³-hybridized carbons (Fsp3) is 0.273. The molecule has 0 saturated carbocycles. The van der Waals surface area contributed by atoms with Crippen molar-refractivity contribution < 1.29 is 13.6 Å². The molecule has 3 aromatic rings.